The molecule has 122 valence electrons. The maximum atomic E-state index is 9.83. The molecule has 3 rings (SSSR count). The Morgan fingerprint density at radius 3 is 2.83 bits per heavy atom. The maximum Gasteiger partial charge on any atom is 0.175 e. The first kappa shape index (κ1) is 16.6. The van der Waals surface area contributed by atoms with Gasteiger partial charge in [0.05, 0.1) is 16.9 Å². The van der Waals surface area contributed by atoms with E-state index in [0.717, 1.165) is 11.1 Å². The van der Waals surface area contributed by atoms with Gasteiger partial charge in [-0.15, -0.1) is 10.2 Å². The van der Waals surface area contributed by atoms with E-state index < -0.39 is 0 Å². The number of amidine groups is 1. The van der Waals surface area contributed by atoms with Crippen molar-refractivity contribution in [1.29, 1.82) is 0 Å². The van der Waals surface area contributed by atoms with Gasteiger partial charge in [0.2, 0.25) is 0 Å². The fourth-order valence-electron chi connectivity index (χ4n) is 2.30. The minimum atomic E-state index is 0.00913. The molecule has 1 aliphatic heterocycles. The summed E-state index contributed by atoms with van der Waals surface area (Å²) < 4.78 is 5.81. The van der Waals surface area contributed by atoms with Crippen LogP contribution in [0.3, 0.4) is 0 Å². The Hall–Kier alpha value is -2.29. The number of halogens is 1. The Balaban J connectivity index is 1.70. The highest BCUT2D eigenvalue weighted by atomic mass is 127. The molecule has 0 fully saturated rings. The SMILES string of the molecule is COc1cc(C=NN=C2CC(c3ccccc3)N=N2)cc(I)c1O. The molecule has 2 aromatic carbocycles. The van der Waals surface area contributed by atoms with Gasteiger partial charge in [0.25, 0.3) is 0 Å². The summed E-state index contributed by atoms with van der Waals surface area (Å²) >= 11 is 2.04. The summed E-state index contributed by atoms with van der Waals surface area (Å²) in [7, 11) is 1.51. The third-order valence-electron chi connectivity index (χ3n) is 3.52. The van der Waals surface area contributed by atoms with Crippen LogP contribution in [0.5, 0.6) is 11.5 Å². The lowest BCUT2D eigenvalue weighted by atomic mass is 10.1. The molecule has 1 heterocycles. The molecule has 1 aliphatic rings. The largest absolute Gasteiger partial charge is 0.504 e. The van der Waals surface area contributed by atoms with Crippen LogP contribution in [0.1, 0.15) is 23.6 Å². The monoisotopic (exact) mass is 434 g/mol. The molecule has 6 nitrogen and oxygen atoms in total. The number of aromatic hydroxyl groups is 1. The van der Waals surface area contributed by atoms with E-state index in [-0.39, 0.29) is 11.8 Å². The highest BCUT2D eigenvalue weighted by Crippen LogP contribution is 2.32. The lowest BCUT2D eigenvalue weighted by Gasteiger charge is -2.05. The average molecular weight is 434 g/mol. The van der Waals surface area contributed by atoms with Crippen LogP contribution < -0.4 is 4.74 Å². The van der Waals surface area contributed by atoms with Crippen molar-refractivity contribution in [2.75, 3.05) is 7.11 Å². The van der Waals surface area contributed by atoms with E-state index in [1.165, 1.54) is 7.11 Å². The zero-order valence-electron chi connectivity index (χ0n) is 12.9. The quantitative estimate of drug-likeness (QED) is 0.442. The summed E-state index contributed by atoms with van der Waals surface area (Å²) in [5.41, 5.74) is 1.90. The van der Waals surface area contributed by atoms with Gasteiger partial charge in [0, 0.05) is 6.42 Å². The van der Waals surface area contributed by atoms with Gasteiger partial charge in [0.15, 0.2) is 17.3 Å². The van der Waals surface area contributed by atoms with Crippen LogP contribution in [0.2, 0.25) is 0 Å². The predicted octanol–water partition coefficient (Wildman–Crippen LogP) is 4.34. The van der Waals surface area contributed by atoms with E-state index in [1.807, 2.05) is 52.9 Å². The number of ether oxygens (including phenoxy) is 1. The van der Waals surface area contributed by atoms with Crippen molar-refractivity contribution in [3.05, 3.63) is 57.2 Å². The molecule has 1 N–H and O–H groups in total. The lowest BCUT2D eigenvalue weighted by molar-refractivity contribution is 0.371. The summed E-state index contributed by atoms with van der Waals surface area (Å²) in [4.78, 5) is 0. The molecular formula is C17H15IN4O2. The molecule has 7 heteroatoms. The number of benzene rings is 2. The van der Waals surface area contributed by atoms with Gasteiger partial charge in [-0.2, -0.15) is 10.2 Å². The molecule has 0 amide bonds. The summed E-state index contributed by atoms with van der Waals surface area (Å²) in [5.74, 6) is 1.12. The number of hydrogen-bond acceptors (Lipinski definition) is 5. The maximum absolute atomic E-state index is 9.83. The minimum absolute atomic E-state index is 0.00913. The molecule has 0 saturated heterocycles. The normalized spacial score (nSPS) is 18.6. The summed E-state index contributed by atoms with van der Waals surface area (Å²) in [5, 5.41) is 26.3. The smallest absolute Gasteiger partial charge is 0.175 e. The van der Waals surface area contributed by atoms with Crippen LogP contribution >= 0.6 is 22.6 Å². The van der Waals surface area contributed by atoms with E-state index in [2.05, 4.69) is 20.4 Å². The first-order valence-electron chi connectivity index (χ1n) is 7.29. The highest BCUT2D eigenvalue weighted by Gasteiger charge is 2.19. The second-order valence-electron chi connectivity index (χ2n) is 5.16. The molecule has 1 atom stereocenters. The van der Waals surface area contributed by atoms with Gasteiger partial charge in [-0.25, -0.2) is 0 Å². The fraction of sp³-hybridized carbons (Fsp3) is 0.176. The molecule has 0 radical (unpaired) electrons. The highest BCUT2D eigenvalue weighted by molar-refractivity contribution is 14.1. The lowest BCUT2D eigenvalue weighted by Crippen LogP contribution is -1.95. The minimum Gasteiger partial charge on any atom is -0.504 e. The van der Waals surface area contributed by atoms with Gasteiger partial charge in [0.1, 0.15) is 6.04 Å². The molecule has 0 spiro atoms. The van der Waals surface area contributed by atoms with Gasteiger partial charge in [-0.3, -0.25) is 0 Å². The zero-order valence-corrected chi connectivity index (χ0v) is 15.1. The molecular weight excluding hydrogens is 419 g/mol. The van der Waals surface area contributed by atoms with Crippen molar-refractivity contribution in [3.63, 3.8) is 0 Å². The number of azo groups is 1. The summed E-state index contributed by atoms with van der Waals surface area (Å²) in [6.07, 6.45) is 2.24. The van der Waals surface area contributed by atoms with Crippen molar-refractivity contribution in [3.8, 4) is 11.5 Å². The number of nitrogens with zero attached hydrogens (tertiary/aromatic N) is 4. The first-order valence-corrected chi connectivity index (χ1v) is 8.37. The Morgan fingerprint density at radius 1 is 1.29 bits per heavy atom. The van der Waals surface area contributed by atoms with Crippen molar-refractivity contribution >= 4 is 34.6 Å². The Bertz CT molecular complexity index is 819. The standard InChI is InChI=1S/C17H15IN4O2/c1-24-15-8-11(7-13(18)17(15)23)10-19-21-16-9-14(20-22-16)12-5-3-2-4-6-12/h2-8,10,14,23H,9H2,1H3. The van der Waals surface area contributed by atoms with Crippen LogP contribution in [0.4, 0.5) is 0 Å². The van der Waals surface area contributed by atoms with E-state index in [0.29, 0.717) is 21.6 Å². The van der Waals surface area contributed by atoms with Crippen LogP contribution in [0.25, 0.3) is 0 Å². The van der Waals surface area contributed by atoms with Crippen LogP contribution in [-0.2, 0) is 0 Å². The van der Waals surface area contributed by atoms with Gasteiger partial charge in [-0.05, 0) is 45.9 Å². The van der Waals surface area contributed by atoms with Crippen LogP contribution in [0.15, 0.2) is 62.9 Å². The molecule has 0 saturated carbocycles. The number of hydrogen-bond donors (Lipinski definition) is 1. The summed E-state index contributed by atoms with van der Waals surface area (Å²) in [6, 6.07) is 13.5. The third kappa shape index (κ3) is 3.78. The Morgan fingerprint density at radius 2 is 2.08 bits per heavy atom. The number of phenols is 1. The summed E-state index contributed by atoms with van der Waals surface area (Å²) in [6.45, 7) is 0. The van der Waals surface area contributed by atoms with Crippen molar-refractivity contribution in [2.24, 2.45) is 20.4 Å². The topological polar surface area (TPSA) is 78.9 Å². The zero-order chi connectivity index (χ0) is 16.9. The molecule has 0 bridgehead atoms. The number of phenolic OH excluding ortho intramolecular Hbond substituents is 1. The van der Waals surface area contributed by atoms with Gasteiger partial charge in [-0.1, -0.05) is 30.3 Å². The van der Waals surface area contributed by atoms with Gasteiger partial charge >= 0.3 is 0 Å². The molecule has 1 unspecified atom stereocenters. The van der Waals surface area contributed by atoms with E-state index in [9.17, 15) is 5.11 Å². The van der Waals surface area contributed by atoms with Crippen LogP contribution in [0, 0.1) is 3.57 Å². The second-order valence-corrected chi connectivity index (χ2v) is 6.32. The second kappa shape index (κ2) is 7.52. The Kier molecular flexibility index (Phi) is 5.19. The van der Waals surface area contributed by atoms with E-state index in [4.69, 9.17) is 4.74 Å². The van der Waals surface area contributed by atoms with Crippen molar-refractivity contribution < 1.29 is 9.84 Å². The van der Waals surface area contributed by atoms with Crippen molar-refractivity contribution in [1.82, 2.24) is 0 Å². The van der Waals surface area contributed by atoms with E-state index in [1.54, 1.807) is 18.3 Å². The number of methoxy groups -OCH3 is 1. The van der Waals surface area contributed by atoms with Crippen LogP contribution in [-0.4, -0.2) is 24.3 Å². The first-order chi connectivity index (χ1) is 11.7. The average Bonchev–Trinajstić information content (AvgIpc) is 3.07. The third-order valence-corrected chi connectivity index (χ3v) is 4.35. The Labute approximate surface area is 153 Å². The van der Waals surface area contributed by atoms with E-state index >= 15 is 0 Å². The fourth-order valence-corrected chi connectivity index (χ4v) is 2.92. The number of rotatable bonds is 4. The van der Waals surface area contributed by atoms with Gasteiger partial charge < -0.3 is 9.84 Å². The molecule has 2 aromatic rings. The predicted molar refractivity (Wildman–Crippen MR) is 101 cm³/mol. The van der Waals surface area contributed by atoms with Crippen molar-refractivity contribution in [2.45, 2.75) is 12.5 Å². The molecule has 24 heavy (non-hydrogen) atoms. The molecule has 0 aliphatic carbocycles. The molecule has 0 aromatic heterocycles.